The first-order chi connectivity index (χ1) is 6.64. The molecule has 0 N–H and O–H groups in total. The van der Waals surface area contributed by atoms with Crippen LogP contribution < -0.4 is 0 Å². The smallest absolute Gasteiger partial charge is 0.196 e. The Bertz CT molecular complexity index is 394. The number of hydrogen-bond acceptors (Lipinski definition) is 4. The zero-order valence-corrected chi connectivity index (χ0v) is 6.86. The molecule has 0 spiro atoms. The molecule has 0 bridgehead atoms. The molecule has 14 heavy (non-hydrogen) atoms. The largest absolute Gasteiger partial charge is 0.295 e. The van der Waals surface area contributed by atoms with Crippen molar-refractivity contribution in [1.29, 1.82) is 0 Å². The third-order valence-corrected chi connectivity index (χ3v) is 1.66. The van der Waals surface area contributed by atoms with E-state index in [-0.39, 0.29) is 0 Å². The topological polar surface area (TPSA) is 132 Å². The summed E-state index contributed by atoms with van der Waals surface area (Å²) in [5, 5.41) is 6.15. The Morgan fingerprint density at radius 1 is 1.21 bits per heavy atom. The number of carbonyl (C=O) groups is 2. The van der Waals surface area contributed by atoms with Gasteiger partial charge in [-0.2, -0.15) is 0 Å². The highest BCUT2D eigenvalue weighted by atomic mass is 16.1. The van der Waals surface area contributed by atoms with Crippen molar-refractivity contribution in [2.75, 3.05) is 0 Å². The molecule has 0 saturated carbocycles. The van der Waals surface area contributed by atoms with Crippen LogP contribution in [0.5, 0.6) is 0 Å². The summed E-state index contributed by atoms with van der Waals surface area (Å²) in [6.45, 7) is 0. The summed E-state index contributed by atoms with van der Waals surface area (Å²) in [7, 11) is 0. The van der Waals surface area contributed by atoms with Gasteiger partial charge < -0.3 is 0 Å². The molecule has 8 nitrogen and oxygen atoms in total. The summed E-state index contributed by atoms with van der Waals surface area (Å²) in [4.78, 5) is 27.0. The van der Waals surface area contributed by atoms with Crippen LogP contribution in [0.1, 0.15) is 6.42 Å². The number of allylic oxidation sites excluding steroid dienone is 1. The minimum Gasteiger partial charge on any atom is -0.295 e. The SMILES string of the molecule is [N-]=[N+]=NC1(N=[N+]=[N-])CC(=O)C=CC1=O. The minimum atomic E-state index is -1.95. The number of ketones is 2. The molecule has 0 aliphatic heterocycles. The zero-order valence-electron chi connectivity index (χ0n) is 6.86. The fourth-order valence-electron chi connectivity index (χ4n) is 1.03. The van der Waals surface area contributed by atoms with E-state index in [1.54, 1.807) is 0 Å². The van der Waals surface area contributed by atoms with Gasteiger partial charge in [0.25, 0.3) is 0 Å². The molecule has 1 aliphatic rings. The third-order valence-electron chi connectivity index (χ3n) is 1.66. The van der Waals surface area contributed by atoms with Crippen LogP contribution in [0.3, 0.4) is 0 Å². The van der Waals surface area contributed by atoms with Gasteiger partial charge in [-0.1, -0.05) is 10.2 Å². The van der Waals surface area contributed by atoms with Crippen LogP contribution in [-0.2, 0) is 9.59 Å². The van der Waals surface area contributed by atoms with Crippen LogP contribution in [0, 0.1) is 0 Å². The molecule has 0 fully saturated rings. The normalized spacial score (nSPS) is 25.1. The first kappa shape index (κ1) is 9.79. The van der Waals surface area contributed by atoms with Gasteiger partial charge in [-0.05, 0) is 23.2 Å². The van der Waals surface area contributed by atoms with E-state index >= 15 is 0 Å². The second kappa shape index (κ2) is 3.61. The number of carbonyl (C=O) groups excluding carboxylic acids is 2. The van der Waals surface area contributed by atoms with Crippen molar-refractivity contribution in [3.63, 3.8) is 0 Å². The monoisotopic (exact) mass is 192 g/mol. The second-order valence-corrected chi connectivity index (χ2v) is 2.54. The van der Waals surface area contributed by atoms with E-state index in [9.17, 15) is 9.59 Å². The van der Waals surface area contributed by atoms with E-state index in [2.05, 4.69) is 20.1 Å². The van der Waals surface area contributed by atoms with Crippen molar-refractivity contribution in [2.45, 2.75) is 12.1 Å². The lowest BCUT2D eigenvalue weighted by Gasteiger charge is -2.20. The van der Waals surface area contributed by atoms with Crippen molar-refractivity contribution < 1.29 is 9.59 Å². The highest BCUT2D eigenvalue weighted by Gasteiger charge is 2.39. The van der Waals surface area contributed by atoms with E-state index in [4.69, 9.17) is 11.1 Å². The Morgan fingerprint density at radius 3 is 2.29 bits per heavy atom. The van der Waals surface area contributed by atoms with E-state index in [0.29, 0.717) is 0 Å². The molecule has 0 saturated heterocycles. The fraction of sp³-hybridized carbons (Fsp3) is 0.333. The second-order valence-electron chi connectivity index (χ2n) is 2.54. The van der Waals surface area contributed by atoms with E-state index in [0.717, 1.165) is 12.2 Å². The van der Waals surface area contributed by atoms with Crippen molar-refractivity contribution in [1.82, 2.24) is 0 Å². The number of azide groups is 1. The maximum Gasteiger partial charge on any atom is 0.196 e. The minimum absolute atomic E-state index is 0.420. The Kier molecular flexibility index (Phi) is 2.52. The van der Waals surface area contributed by atoms with Gasteiger partial charge in [0.1, 0.15) is 0 Å². The zero-order chi connectivity index (χ0) is 10.6. The van der Waals surface area contributed by atoms with Crippen molar-refractivity contribution in [3.05, 3.63) is 33.0 Å². The van der Waals surface area contributed by atoms with Gasteiger partial charge in [0.05, 0.1) is 0 Å². The van der Waals surface area contributed by atoms with Crippen molar-refractivity contribution >= 4 is 11.6 Å². The van der Waals surface area contributed by atoms with Gasteiger partial charge >= 0.3 is 0 Å². The first-order valence-corrected chi connectivity index (χ1v) is 3.52. The maximum absolute atomic E-state index is 11.3. The lowest BCUT2D eigenvalue weighted by atomic mass is 9.94. The Balaban J connectivity index is 3.28. The molecular weight excluding hydrogens is 188 g/mol. The van der Waals surface area contributed by atoms with Gasteiger partial charge in [0.15, 0.2) is 17.2 Å². The molecule has 0 aromatic carbocycles. The standard InChI is InChI=1S/C6H4N6O2/c7-11-9-6(10-12-8)3-4(13)1-2-5(6)14/h1-2H,3H2. The molecule has 1 aliphatic carbocycles. The van der Waals surface area contributed by atoms with Crippen LogP contribution >= 0.6 is 0 Å². The predicted molar refractivity (Wildman–Crippen MR) is 44.8 cm³/mol. The molecule has 0 unspecified atom stereocenters. The van der Waals surface area contributed by atoms with Gasteiger partial charge in [0, 0.05) is 16.2 Å². The van der Waals surface area contributed by atoms with Gasteiger partial charge in [-0.25, -0.2) is 0 Å². The quantitative estimate of drug-likeness (QED) is 0.371. The molecule has 0 aromatic heterocycles. The maximum atomic E-state index is 11.3. The lowest BCUT2D eigenvalue weighted by molar-refractivity contribution is -0.125. The van der Waals surface area contributed by atoms with Crippen LogP contribution in [0.4, 0.5) is 0 Å². The Hall–Kier alpha value is -2.30. The van der Waals surface area contributed by atoms with Gasteiger partial charge in [-0.15, -0.1) is 0 Å². The molecule has 70 valence electrons. The van der Waals surface area contributed by atoms with Crippen LogP contribution in [0.25, 0.3) is 20.9 Å². The summed E-state index contributed by atoms with van der Waals surface area (Å²) in [5.41, 5.74) is 14.5. The van der Waals surface area contributed by atoms with E-state index in [1.807, 2.05) is 0 Å². The highest BCUT2D eigenvalue weighted by Crippen LogP contribution is 2.25. The van der Waals surface area contributed by atoms with Gasteiger partial charge in [0.2, 0.25) is 0 Å². The average Bonchev–Trinajstić information content (AvgIpc) is 2.13. The summed E-state index contributed by atoms with van der Waals surface area (Å²) in [6.07, 6.45) is 1.58. The van der Waals surface area contributed by atoms with Crippen LogP contribution in [0.15, 0.2) is 22.4 Å². The van der Waals surface area contributed by atoms with Crippen LogP contribution in [-0.4, -0.2) is 17.2 Å². The Labute approximate surface area is 77.5 Å². The summed E-state index contributed by atoms with van der Waals surface area (Å²) < 4.78 is 0. The molecular formula is C6H4N6O2. The molecule has 1 rings (SSSR count). The van der Waals surface area contributed by atoms with Gasteiger partial charge in [-0.3, -0.25) is 9.59 Å². The molecule has 0 aromatic rings. The average molecular weight is 192 g/mol. The lowest BCUT2D eigenvalue weighted by Crippen LogP contribution is -2.37. The van der Waals surface area contributed by atoms with Crippen molar-refractivity contribution in [2.24, 2.45) is 10.2 Å². The molecule has 0 radical (unpaired) electrons. The van der Waals surface area contributed by atoms with E-state index < -0.39 is 23.7 Å². The predicted octanol–water partition coefficient (Wildman–Crippen LogP) is 1.40. The number of nitrogens with zero attached hydrogens (tertiary/aromatic N) is 6. The Morgan fingerprint density at radius 2 is 1.79 bits per heavy atom. The summed E-state index contributed by atoms with van der Waals surface area (Å²) in [5.74, 6) is -1.11. The van der Waals surface area contributed by atoms with E-state index in [1.165, 1.54) is 0 Å². The highest BCUT2D eigenvalue weighted by molar-refractivity contribution is 6.10. The number of rotatable bonds is 2. The number of hydrogen-bond donors (Lipinski definition) is 0. The fourth-order valence-corrected chi connectivity index (χ4v) is 1.03. The third kappa shape index (κ3) is 1.56. The summed E-state index contributed by atoms with van der Waals surface area (Å²) in [6, 6.07) is 0. The first-order valence-electron chi connectivity index (χ1n) is 3.52. The molecule has 8 heteroatoms. The van der Waals surface area contributed by atoms with Crippen LogP contribution in [0.2, 0.25) is 0 Å². The molecule has 0 heterocycles. The van der Waals surface area contributed by atoms with Crippen molar-refractivity contribution in [3.8, 4) is 0 Å². The summed E-state index contributed by atoms with van der Waals surface area (Å²) >= 11 is 0. The molecule has 0 amide bonds. The molecule has 0 atom stereocenters.